The standard InChI is InChI=1S/C14H13N3O5/c18-16(19)13-5-1-11(2-6-13)9-15-22-10-12-3-7-14(8-4-12)17(20)21/h1-8,15H,9-10H2. The van der Waals surface area contributed by atoms with E-state index in [-0.39, 0.29) is 18.0 Å². The molecule has 2 aromatic rings. The minimum absolute atomic E-state index is 0.0302. The second-order valence-electron chi connectivity index (χ2n) is 4.46. The third-order valence-electron chi connectivity index (χ3n) is 2.91. The van der Waals surface area contributed by atoms with Crippen LogP contribution in [0.4, 0.5) is 11.4 Å². The molecule has 0 saturated carbocycles. The van der Waals surface area contributed by atoms with Crippen molar-refractivity contribution < 1.29 is 14.7 Å². The van der Waals surface area contributed by atoms with Gasteiger partial charge in [0.2, 0.25) is 0 Å². The van der Waals surface area contributed by atoms with E-state index in [4.69, 9.17) is 4.84 Å². The molecule has 0 radical (unpaired) electrons. The zero-order chi connectivity index (χ0) is 15.9. The number of nitrogens with zero attached hydrogens (tertiary/aromatic N) is 2. The van der Waals surface area contributed by atoms with Crippen molar-refractivity contribution in [2.45, 2.75) is 13.2 Å². The maximum absolute atomic E-state index is 10.5. The Bertz CT molecular complexity index is 596. The summed E-state index contributed by atoms with van der Waals surface area (Å²) in [6, 6.07) is 12.2. The first-order valence-corrected chi connectivity index (χ1v) is 6.37. The van der Waals surface area contributed by atoms with Crippen LogP contribution in [0.2, 0.25) is 0 Å². The maximum Gasteiger partial charge on any atom is 0.269 e. The number of rotatable bonds is 7. The smallest absolute Gasteiger partial charge is 0.269 e. The zero-order valence-corrected chi connectivity index (χ0v) is 11.5. The van der Waals surface area contributed by atoms with E-state index < -0.39 is 9.85 Å². The number of nitro groups is 2. The molecule has 8 heteroatoms. The molecule has 0 heterocycles. The van der Waals surface area contributed by atoms with Gasteiger partial charge in [-0.05, 0) is 23.3 Å². The number of hydrogen-bond donors (Lipinski definition) is 1. The molecule has 0 fully saturated rings. The zero-order valence-electron chi connectivity index (χ0n) is 11.5. The molecule has 0 aliphatic carbocycles. The lowest BCUT2D eigenvalue weighted by atomic mass is 10.2. The summed E-state index contributed by atoms with van der Waals surface area (Å²) in [7, 11) is 0. The molecule has 0 aliphatic heterocycles. The predicted octanol–water partition coefficient (Wildman–Crippen LogP) is 2.72. The fraction of sp³-hybridized carbons (Fsp3) is 0.143. The molecule has 0 unspecified atom stereocenters. The SMILES string of the molecule is O=[N+]([O-])c1ccc(CNOCc2ccc([N+](=O)[O-])cc2)cc1. The Morgan fingerprint density at radius 1 is 0.818 bits per heavy atom. The number of benzene rings is 2. The van der Waals surface area contributed by atoms with Crippen molar-refractivity contribution in [3.63, 3.8) is 0 Å². The Morgan fingerprint density at radius 2 is 1.27 bits per heavy atom. The number of hydroxylamine groups is 1. The largest absolute Gasteiger partial charge is 0.297 e. The fourth-order valence-corrected chi connectivity index (χ4v) is 1.72. The van der Waals surface area contributed by atoms with Crippen molar-refractivity contribution >= 4 is 11.4 Å². The van der Waals surface area contributed by atoms with Gasteiger partial charge in [0.1, 0.15) is 0 Å². The van der Waals surface area contributed by atoms with Gasteiger partial charge in [0, 0.05) is 30.8 Å². The van der Waals surface area contributed by atoms with E-state index in [1.165, 1.54) is 24.3 Å². The van der Waals surface area contributed by atoms with Crippen LogP contribution in [0.3, 0.4) is 0 Å². The molecule has 0 saturated heterocycles. The van der Waals surface area contributed by atoms with Crippen LogP contribution >= 0.6 is 0 Å². The van der Waals surface area contributed by atoms with E-state index in [0.29, 0.717) is 6.54 Å². The Kier molecular flexibility index (Phi) is 5.12. The highest BCUT2D eigenvalue weighted by Crippen LogP contribution is 2.13. The van der Waals surface area contributed by atoms with E-state index in [9.17, 15) is 20.2 Å². The Labute approximate surface area is 125 Å². The molecule has 0 atom stereocenters. The van der Waals surface area contributed by atoms with Crippen LogP contribution in [-0.4, -0.2) is 9.85 Å². The summed E-state index contributed by atoms with van der Waals surface area (Å²) in [5.41, 5.74) is 4.44. The van der Waals surface area contributed by atoms with Gasteiger partial charge in [0.05, 0.1) is 16.5 Å². The summed E-state index contributed by atoms with van der Waals surface area (Å²) in [4.78, 5) is 25.4. The summed E-state index contributed by atoms with van der Waals surface area (Å²) < 4.78 is 0. The monoisotopic (exact) mass is 303 g/mol. The minimum Gasteiger partial charge on any atom is -0.297 e. The molecule has 2 aromatic carbocycles. The summed E-state index contributed by atoms with van der Waals surface area (Å²) in [5.74, 6) is 0. The summed E-state index contributed by atoms with van der Waals surface area (Å²) >= 11 is 0. The number of nitro benzene ring substituents is 2. The van der Waals surface area contributed by atoms with Gasteiger partial charge in [-0.25, -0.2) is 0 Å². The van der Waals surface area contributed by atoms with E-state index >= 15 is 0 Å². The number of non-ortho nitro benzene ring substituents is 2. The van der Waals surface area contributed by atoms with Crippen molar-refractivity contribution in [1.29, 1.82) is 0 Å². The quantitative estimate of drug-likeness (QED) is 0.478. The summed E-state index contributed by atoms with van der Waals surface area (Å²) in [6.07, 6.45) is 0. The highest BCUT2D eigenvalue weighted by atomic mass is 16.6. The first kappa shape index (κ1) is 15.5. The highest BCUT2D eigenvalue weighted by molar-refractivity contribution is 5.33. The lowest BCUT2D eigenvalue weighted by molar-refractivity contribution is -0.385. The van der Waals surface area contributed by atoms with Crippen molar-refractivity contribution in [1.82, 2.24) is 5.48 Å². The lowest BCUT2D eigenvalue weighted by Gasteiger charge is -2.06. The van der Waals surface area contributed by atoms with Gasteiger partial charge < -0.3 is 0 Å². The minimum atomic E-state index is -0.461. The Hall–Kier alpha value is -2.84. The molecule has 0 amide bonds. The van der Waals surface area contributed by atoms with Gasteiger partial charge in [-0.1, -0.05) is 12.1 Å². The first-order chi connectivity index (χ1) is 10.6. The third-order valence-corrected chi connectivity index (χ3v) is 2.91. The van der Waals surface area contributed by atoms with Crippen LogP contribution in [-0.2, 0) is 18.0 Å². The predicted molar refractivity (Wildman–Crippen MR) is 77.8 cm³/mol. The number of hydrogen-bond acceptors (Lipinski definition) is 6. The number of nitrogens with one attached hydrogen (secondary N) is 1. The summed E-state index contributed by atoms with van der Waals surface area (Å²) in [5, 5.41) is 21.0. The van der Waals surface area contributed by atoms with Crippen LogP contribution in [0.5, 0.6) is 0 Å². The Morgan fingerprint density at radius 3 is 1.73 bits per heavy atom. The van der Waals surface area contributed by atoms with E-state index in [1.54, 1.807) is 24.3 Å². The molecule has 0 aromatic heterocycles. The van der Waals surface area contributed by atoms with Gasteiger partial charge in [0.15, 0.2) is 0 Å². The average Bonchev–Trinajstić information content (AvgIpc) is 2.52. The van der Waals surface area contributed by atoms with Gasteiger partial charge in [-0.3, -0.25) is 25.1 Å². The van der Waals surface area contributed by atoms with Crippen molar-refractivity contribution in [2.75, 3.05) is 0 Å². The van der Waals surface area contributed by atoms with E-state index in [1.807, 2.05) is 0 Å². The van der Waals surface area contributed by atoms with E-state index in [2.05, 4.69) is 5.48 Å². The van der Waals surface area contributed by atoms with Crippen LogP contribution in [0.15, 0.2) is 48.5 Å². The van der Waals surface area contributed by atoms with Crippen molar-refractivity contribution in [3.05, 3.63) is 79.9 Å². The molecule has 8 nitrogen and oxygen atoms in total. The maximum atomic E-state index is 10.5. The van der Waals surface area contributed by atoms with E-state index in [0.717, 1.165) is 11.1 Å². The average molecular weight is 303 g/mol. The van der Waals surface area contributed by atoms with Crippen molar-refractivity contribution in [3.8, 4) is 0 Å². The second-order valence-corrected chi connectivity index (χ2v) is 4.46. The fourth-order valence-electron chi connectivity index (χ4n) is 1.72. The molecule has 0 aliphatic rings. The molecular weight excluding hydrogens is 290 g/mol. The molecule has 114 valence electrons. The molecule has 2 rings (SSSR count). The Balaban J connectivity index is 1.77. The summed E-state index contributed by atoms with van der Waals surface area (Å²) in [6.45, 7) is 0.649. The van der Waals surface area contributed by atoms with Crippen LogP contribution < -0.4 is 5.48 Å². The van der Waals surface area contributed by atoms with Crippen LogP contribution in [0.25, 0.3) is 0 Å². The lowest BCUT2D eigenvalue weighted by Crippen LogP contribution is -2.13. The van der Waals surface area contributed by atoms with Crippen LogP contribution in [0.1, 0.15) is 11.1 Å². The molecular formula is C14H13N3O5. The van der Waals surface area contributed by atoms with Crippen molar-refractivity contribution in [2.24, 2.45) is 0 Å². The van der Waals surface area contributed by atoms with Gasteiger partial charge >= 0.3 is 0 Å². The molecule has 0 spiro atoms. The molecule has 0 bridgehead atoms. The normalized spacial score (nSPS) is 10.4. The van der Waals surface area contributed by atoms with Gasteiger partial charge in [0.25, 0.3) is 11.4 Å². The third kappa shape index (κ3) is 4.33. The van der Waals surface area contributed by atoms with Gasteiger partial charge in [-0.15, -0.1) is 0 Å². The molecule has 1 N–H and O–H groups in total. The molecule has 22 heavy (non-hydrogen) atoms. The topological polar surface area (TPSA) is 108 Å². The van der Waals surface area contributed by atoms with Crippen LogP contribution in [0, 0.1) is 20.2 Å². The highest BCUT2D eigenvalue weighted by Gasteiger charge is 2.05. The second kappa shape index (κ2) is 7.25. The first-order valence-electron chi connectivity index (χ1n) is 6.37. The van der Waals surface area contributed by atoms with Gasteiger partial charge in [-0.2, -0.15) is 5.48 Å².